The third-order valence-electron chi connectivity index (χ3n) is 5.37. The van der Waals surface area contributed by atoms with Crippen molar-refractivity contribution in [3.8, 4) is 0 Å². The molecular formula is C16H20OSe. The van der Waals surface area contributed by atoms with Gasteiger partial charge in [-0.25, -0.2) is 0 Å². The summed E-state index contributed by atoms with van der Waals surface area (Å²) in [4.78, 5) is 12.4. The van der Waals surface area contributed by atoms with Gasteiger partial charge in [-0.2, -0.15) is 0 Å². The third-order valence-corrected chi connectivity index (χ3v) is 7.97. The van der Waals surface area contributed by atoms with E-state index in [1.807, 2.05) is 0 Å². The van der Waals surface area contributed by atoms with E-state index in [1.54, 1.807) is 0 Å². The molecule has 2 fully saturated rings. The van der Waals surface area contributed by atoms with Gasteiger partial charge in [-0.3, -0.25) is 0 Å². The molecule has 2 bridgehead atoms. The molecule has 2 saturated carbocycles. The molecule has 0 aromatic heterocycles. The number of benzene rings is 1. The van der Waals surface area contributed by atoms with Crippen LogP contribution in [0.3, 0.4) is 0 Å². The summed E-state index contributed by atoms with van der Waals surface area (Å²) >= 11 is 0.438. The molecule has 3 rings (SSSR count). The van der Waals surface area contributed by atoms with Gasteiger partial charge in [0.2, 0.25) is 0 Å². The second-order valence-electron chi connectivity index (χ2n) is 6.27. The van der Waals surface area contributed by atoms with E-state index < -0.39 is 0 Å². The second kappa shape index (κ2) is 4.21. The molecule has 0 radical (unpaired) electrons. The van der Waals surface area contributed by atoms with Crippen molar-refractivity contribution in [1.29, 1.82) is 0 Å². The summed E-state index contributed by atoms with van der Waals surface area (Å²) in [6, 6.07) is 10.7. The number of fused-ring (bicyclic) bond motifs is 2. The van der Waals surface area contributed by atoms with Crippen LogP contribution in [0.25, 0.3) is 0 Å². The zero-order chi connectivity index (χ0) is 12.8. The fourth-order valence-corrected chi connectivity index (χ4v) is 6.85. The molecule has 2 heteroatoms. The van der Waals surface area contributed by atoms with Crippen LogP contribution in [-0.4, -0.2) is 20.7 Å². The number of ketones is 1. The van der Waals surface area contributed by atoms with E-state index in [-0.39, 0.29) is 10.8 Å². The number of hydrogen-bond acceptors (Lipinski definition) is 1. The van der Waals surface area contributed by atoms with Crippen molar-refractivity contribution >= 4 is 25.2 Å². The van der Waals surface area contributed by atoms with Crippen molar-refractivity contribution in [2.45, 2.75) is 38.4 Å². The molecule has 0 aliphatic heterocycles. The van der Waals surface area contributed by atoms with Crippen molar-refractivity contribution in [1.82, 2.24) is 0 Å². The second-order valence-corrected chi connectivity index (χ2v) is 8.47. The molecule has 0 N–H and O–H groups in total. The Kier molecular flexibility index (Phi) is 2.91. The van der Waals surface area contributed by atoms with E-state index in [0.717, 1.165) is 18.2 Å². The average molecular weight is 307 g/mol. The van der Waals surface area contributed by atoms with Crippen LogP contribution in [0.5, 0.6) is 0 Å². The molecular weight excluding hydrogens is 287 g/mol. The standard InChI is InChI=1S/C16H20OSe/c1-15(2)12-8-9-16(15,14(17)10-12)11-18-13-6-4-3-5-7-13/h3-7,12H,8-11H2,1-2H3/t12-,16-/m1/s1. The van der Waals surface area contributed by atoms with E-state index in [0.29, 0.717) is 26.7 Å². The fraction of sp³-hybridized carbons (Fsp3) is 0.562. The summed E-state index contributed by atoms with van der Waals surface area (Å²) in [6.07, 6.45) is 3.25. The zero-order valence-electron chi connectivity index (χ0n) is 11.1. The number of carbonyl (C=O) groups excluding carboxylic acids is 1. The SMILES string of the molecule is CC1(C)[C@@H]2CC[C@@]1(C[Se]c1ccccc1)C(=O)C2. The first-order chi connectivity index (χ1) is 8.56. The molecule has 96 valence electrons. The van der Waals surface area contributed by atoms with Crippen LogP contribution >= 0.6 is 0 Å². The normalized spacial score (nSPS) is 33.0. The maximum absolute atomic E-state index is 12.4. The topological polar surface area (TPSA) is 17.1 Å². The maximum atomic E-state index is 12.4. The van der Waals surface area contributed by atoms with Crippen LogP contribution in [-0.2, 0) is 4.79 Å². The minimum absolute atomic E-state index is 0.00745. The van der Waals surface area contributed by atoms with Gasteiger partial charge in [-0.05, 0) is 0 Å². The van der Waals surface area contributed by atoms with Gasteiger partial charge < -0.3 is 0 Å². The Morgan fingerprint density at radius 1 is 1.28 bits per heavy atom. The minimum atomic E-state index is 0.00745. The molecule has 0 spiro atoms. The summed E-state index contributed by atoms with van der Waals surface area (Å²) in [5, 5.41) is 1.10. The number of hydrogen-bond donors (Lipinski definition) is 0. The Morgan fingerprint density at radius 2 is 2.00 bits per heavy atom. The van der Waals surface area contributed by atoms with Crippen molar-refractivity contribution < 1.29 is 4.79 Å². The molecule has 0 saturated heterocycles. The van der Waals surface area contributed by atoms with Crippen LogP contribution in [0.1, 0.15) is 33.1 Å². The van der Waals surface area contributed by atoms with Gasteiger partial charge in [0.15, 0.2) is 0 Å². The van der Waals surface area contributed by atoms with Gasteiger partial charge in [-0.1, -0.05) is 0 Å². The van der Waals surface area contributed by atoms with Crippen molar-refractivity contribution in [2.75, 3.05) is 0 Å². The molecule has 2 atom stereocenters. The predicted molar refractivity (Wildman–Crippen MR) is 75.2 cm³/mol. The van der Waals surface area contributed by atoms with Crippen LogP contribution in [0.2, 0.25) is 5.32 Å². The van der Waals surface area contributed by atoms with Crippen LogP contribution < -0.4 is 4.46 Å². The summed E-state index contributed by atoms with van der Waals surface area (Å²) < 4.78 is 1.43. The van der Waals surface area contributed by atoms with Crippen molar-refractivity contribution in [3.05, 3.63) is 30.3 Å². The molecule has 0 unspecified atom stereocenters. The van der Waals surface area contributed by atoms with E-state index in [1.165, 1.54) is 10.9 Å². The quantitative estimate of drug-likeness (QED) is 0.785. The first-order valence-electron chi connectivity index (χ1n) is 6.77. The number of Topliss-reactive ketones (excluding diaryl/α,β-unsaturated/α-hetero) is 1. The average Bonchev–Trinajstić information content (AvgIpc) is 2.72. The third kappa shape index (κ3) is 1.62. The molecule has 1 aromatic rings. The Balaban J connectivity index is 1.81. The van der Waals surface area contributed by atoms with Gasteiger partial charge in [0, 0.05) is 0 Å². The molecule has 0 heterocycles. The molecule has 1 aromatic carbocycles. The first kappa shape index (κ1) is 12.4. The zero-order valence-corrected chi connectivity index (χ0v) is 12.8. The van der Waals surface area contributed by atoms with Crippen molar-refractivity contribution in [2.24, 2.45) is 16.7 Å². The molecule has 0 amide bonds. The van der Waals surface area contributed by atoms with E-state index >= 15 is 0 Å². The summed E-state index contributed by atoms with van der Waals surface area (Å²) in [5.41, 5.74) is 0.244. The Morgan fingerprint density at radius 3 is 2.56 bits per heavy atom. The van der Waals surface area contributed by atoms with E-state index in [2.05, 4.69) is 44.2 Å². The van der Waals surface area contributed by atoms with Crippen LogP contribution in [0.15, 0.2) is 30.3 Å². The van der Waals surface area contributed by atoms with Crippen LogP contribution in [0.4, 0.5) is 0 Å². The molecule has 2 aliphatic rings. The Bertz CT molecular complexity index is 465. The summed E-state index contributed by atoms with van der Waals surface area (Å²) in [5.74, 6) is 1.21. The Hall–Kier alpha value is -0.591. The number of carbonyl (C=O) groups is 1. The van der Waals surface area contributed by atoms with E-state index in [9.17, 15) is 4.79 Å². The van der Waals surface area contributed by atoms with Gasteiger partial charge in [-0.15, -0.1) is 0 Å². The predicted octanol–water partition coefficient (Wildman–Crippen LogP) is 2.83. The van der Waals surface area contributed by atoms with Gasteiger partial charge >= 0.3 is 116 Å². The molecule has 18 heavy (non-hydrogen) atoms. The molecule has 2 aliphatic carbocycles. The monoisotopic (exact) mass is 308 g/mol. The van der Waals surface area contributed by atoms with Gasteiger partial charge in [0.25, 0.3) is 0 Å². The van der Waals surface area contributed by atoms with Gasteiger partial charge in [0.1, 0.15) is 0 Å². The van der Waals surface area contributed by atoms with E-state index in [4.69, 9.17) is 0 Å². The van der Waals surface area contributed by atoms with Crippen molar-refractivity contribution in [3.63, 3.8) is 0 Å². The fourth-order valence-electron chi connectivity index (χ4n) is 3.83. The molecule has 1 nitrogen and oxygen atoms in total. The van der Waals surface area contributed by atoms with Crippen LogP contribution in [0, 0.1) is 16.7 Å². The summed E-state index contributed by atoms with van der Waals surface area (Å²) in [7, 11) is 0. The number of rotatable bonds is 3. The van der Waals surface area contributed by atoms with Gasteiger partial charge in [0.05, 0.1) is 0 Å². The first-order valence-corrected chi connectivity index (χ1v) is 8.84. The summed E-state index contributed by atoms with van der Waals surface area (Å²) in [6.45, 7) is 4.66. The Labute approximate surface area is 116 Å².